The second-order valence-electron chi connectivity index (χ2n) is 6.69. The van der Waals surface area contributed by atoms with Gasteiger partial charge in [-0.1, -0.05) is 50.5 Å². The SMILES string of the molecule is CCCc1c(CCC)n(Cc2ccccn2)c(=O)c2ccc(C)cc12. The highest BCUT2D eigenvalue weighted by Crippen LogP contribution is 2.24. The lowest BCUT2D eigenvalue weighted by molar-refractivity contribution is 0.668. The first kappa shape index (κ1) is 17.4. The Kier molecular flexibility index (Phi) is 5.32. The number of rotatable bonds is 6. The molecule has 3 nitrogen and oxygen atoms in total. The molecule has 0 aliphatic carbocycles. The van der Waals surface area contributed by atoms with Crippen molar-refractivity contribution < 1.29 is 0 Å². The van der Waals surface area contributed by atoms with Crippen LogP contribution in [0.2, 0.25) is 0 Å². The number of hydrogen-bond donors (Lipinski definition) is 0. The van der Waals surface area contributed by atoms with Gasteiger partial charge in [0, 0.05) is 17.3 Å². The van der Waals surface area contributed by atoms with Crippen LogP contribution in [0.5, 0.6) is 0 Å². The standard InChI is InChI=1S/C22H26N2O/c1-4-8-18-20-14-16(3)11-12-19(20)22(25)24(21(18)9-5-2)15-17-10-6-7-13-23-17/h6-7,10-14H,4-5,8-9,15H2,1-3H3. The van der Waals surface area contributed by atoms with E-state index in [1.807, 2.05) is 34.9 Å². The molecule has 0 unspecified atom stereocenters. The maximum Gasteiger partial charge on any atom is 0.259 e. The van der Waals surface area contributed by atoms with Crippen LogP contribution in [0.25, 0.3) is 10.8 Å². The monoisotopic (exact) mass is 334 g/mol. The van der Waals surface area contributed by atoms with E-state index in [0.29, 0.717) is 6.54 Å². The Morgan fingerprint density at radius 3 is 2.48 bits per heavy atom. The minimum absolute atomic E-state index is 0.101. The summed E-state index contributed by atoms with van der Waals surface area (Å²) >= 11 is 0. The first-order valence-corrected chi connectivity index (χ1v) is 9.20. The molecule has 0 saturated carbocycles. The van der Waals surface area contributed by atoms with Crippen LogP contribution in [-0.4, -0.2) is 9.55 Å². The Balaban J connectivity index is 2.30. The van der Waals surface area contributed by atoms with Crippen molar-refractivity contribution in [2.45, 2.75) is 53.0 Å². The highest BCUT2D eigenvalue weighted by Gasteiger charge is 2.16. The van der Waals surface area contributed by atoms with E-state index in [-0.39, 0.29) is 5.56 Å². The highest BCUT2D eigenvalue weighted by molar-refractivity contribution is 5.86. The zero-order valence-corrected chi connectivity index (χ0v) is 15.4. The van der Waals surface area contributed by atoms with Crippen molar-refractivity contribution in [2.75, 3.05) is 0 Å². The molecule has 0 fully saturated rings. The molecule has 0 N–H and O–H groups in total. The van der Waals surface area contributed by atoms with Gasteiger partial charge in [-0.2, -0.15) is 0 Å². The fourth-order valence-corrected chi connectivity index (χ4v) is 3.55. The van der Waals surface area contributed by atoms with E-state index >= 15 is 0 Å². The van der Waals surface area contributed by atoms with Gasteiger partial charge in [0.1, 0.15) is 0 Å². The van der Waals surface area contributed by atoms with Crippen molar-refractivity contribution in [3.05, 3.63) is 75.5 Å². The average molecular weight is 334 g/mol. The molecular formula is C22H26N2O. The predicted octanol–water partition coefficient (Wildman–Crippen LogP) is 4.66. The molecule has 0 saturated heterocycles. The van der Waals surface area contributed by atoms with Crippen molar-refractivity contribution in [1.29, 1.82) is 0 Å². The van der Waals surface area contributed by atoms with Crippen molar-refractivity contribution in [3.8, 4) is 0 Å². The van der Waals surface area contributed by atoms with Gasteiger partial charge in [0.25, 0.3) is 5.56 Å². The third kappa shape index (κ3) is 3.51. The van der Waals surface area contributed by atoms with Crippen LogP contribution in [0, 0.1) is 6.92 Å². The first-order chi connectivity index (χ1) is 12.2. The Bertz CT molecular complexity index is 926. The molecule has 3 rings (SSSR count). The number of aryl methyl sites for hydroxylation is 2. The molecule has 0 radical (unpaired) electrons. The lowest BCUT2D eigenvalue weighted by atomic mass is 9.96. The number of fused-ring (bicyclic) bond motifs is 1. The summed E-state index contributed by atoms with van der Waals surface area (Å²) in [6, 6.07) is 12.1. The first-order valence-electron chi connectivity index (χ1n) is 9.20. The lowest BCUT2D eigenvalue weighted by Gasteiger charge is -2.19. The van der Waals surface area contributed by atoms with E-state index in [9.17, 15) is 4.79 Å². The van der Waals surface area contributed by atoms with Gasteiger partial charge >= 0.3 is 0 Å². The van der Waals surface area contributed by atoms with Gasteiger partial charge in [0.05, 0.1) is 12.2 Å². The van der Waals surface area contributed by atoms with E-state index < -0.39 is 0 Å². The minimum Gasteiger partial charge on any atom is -0.306 e. The molecule has 0 aliphatic heterocycles. The summed E-state index contributed by atoms with van der Waals surface area (Å²) in [6.07, 6.45) is 5.80. The highest BCUT2D eigenvalue weighted by atomic mass is 16.1. The number of hydrogen-bond acceptors (Lipinski definition) is 2. The molecule has 3 heteroatoms. The maximum atomic E-state index is 13.2. The summed E-state index contributed by atoms with van der Waals surface area (Å²) in [5.41, 5.74) is 4.74. The third-order valence-corrected chi connectivity index (χ3v) is 4.68. The Labute approximate surface area is 149 Å². The second kappa shape index (κ2) is 7.64. The van der Waals surface area contributed by atoms with E-state index in [1.165, 1.54) is 16.8 Å². The van der Waals surface area contributed by atoms with Crippen molar-refractivity contribution in [1.82, 2.24) is 9.55 Å². The van der Waals surface area contributed by atoms with Gasteiger partial charge in [-0.25, -0.2) is 0 Å². The van der Waals surface area contributed by atoms with Crippen molar-refractivity contribution >= 4 is 10.8 Å². The molecule has 0 amide bonds. The molecule has 1 aromatic carbocycles. The van der Waals surface area contributed by atoms with Crippen molar-refractivity contribution in [3.63, 3.8) is 0 Å². The Hall–Kier alpha value is -2.42. The van der Waals surface area contributed by atoms with Crippen molar-refractivity contribution in [2.24, 2.45) is 0 Å². The number of pyridine rings is 2. The molecule has 0 atom stereocenters. The average Bonchev–Trinajstić information content (AvgIpc) is 2.62. The van der Waals surface area contributed by atoms with Crippen LogP contribution in [-0.2, 0) is 19.4 Å². The molecule has 0 aliphatic rings. The molecule has 2 aromatic heterocycles. The van der Waals surface area contributed by atoms with Crippen LogP contribution >= 0.6 is 0 Å². The van der Waals surface area contributed by atoms with Gasteiger partial charge in [0.2, 0.25) is 0 Å². The zero-order chi connectivity index (χ0) is 17.8. The maximum absolute atomic E-state index is 13.2. The second-order valence-corrected chi connectivity index (χ2v) is 6.69. The van der Waals surface area contributed by atoms with Crippen LogP contribution in [0.1, 0.15) is 49.2 Å². The van der Waals surface area contributed by atoms with Gasteiger partial charge in [-0.3, -0.25) is 9.78 Å². The molecule has 25 heavy (non-hydrogen) atoms. The lowest BCUT2D eigenvalue weighted by Crippen LogP contribution is -2.27. The molecule has 2 heterocycles. The fourth-order valence-electron chi connectivity index (χ4n) is 3.55. The summed E-state index contributed by atoms with van der Waals surface area (Å²) in [6.45, 7) is 7.00. The van der Waals surface area contributed by atoms with E-state index in [2.05, 4.69) is 31.8 Å². The van der Waals surface area contributed by atoms with Crippen LogP contribution < -0.4 is 5.56 Å². The van der Waals surface area contributed by atoms with E-state index in [0.717, 1.165) is 42.1 Å². The summed E-state index contributed by atoms with van der Waals surface area (Å²) in [5, 5.41) is 1.96. The minimum atomic E-state index is 0.101. The fraction of sp³-hybridized carbons (Fsp3) is 0.364. The van der Waals surface area contributed by atoms with Crippen LogP contribution in [0.3, 0.4) is 0 Å². The number of benzene rings is 1. The zero-order valence-electron chi connectivity index (χ0n) is 15.4. The molecular weight excluding hydrogens is 308 g/mol. The molecule has 0 bridgehead atoms. The van der Waals surface area contributed by atoms with Crippen LogP contribution in [0.15, 0.2) is 47.4 Å². The van der Waals surface area contributed by atoms with Gasteiger partial charge in [0.15, 0.2) is 0 Å². The normalized spacial score (nSPS) is 11.2. The van der Waals surface area contributed by atoms with Crippen LogP contribution in [0.4, 0.5) is 0 Å². The summed E-state index contributed by atoms with van der Waals surface area (Å²) < 4.78 is 1.95. The predicted molar refractivity (Wildman–Crippen MR) is 104 cm³/mol. The quantitative estimate of drug-likeness (QED) is 0.657. The number of nitrogens with zero attached hydrogens (tertiary/aromatic N) is 2. The largest absolute Gasteiger partial charge is 0.306 e. The summed E-state index contributed by atoms with van der Waals surface area (Å²) in [7, 11) is 0. The smallest absolute Gasteiger partial charge is 0.259 e. The Morgan fingerprint density at radius 1 is 1.00 bits per heavy atom. The Morgan fingerprint density at radius 2 is 1.80 bits per heavy atom. The summed E-state index contributed by atoms with van der Waals surface area (Å²) in [5.74, 6) is 0. The molecule has 3 aromatic rings. The van der Waals surface area contributed by atoms with Gasteiger partial charge in [-0.15, -0.1) is 0 Å². The molecule has 130 valence electrons. The molecule has 0 spiro atoms. The third-order valence-electron chi connectivity index (χ3n) is 4.68. The number of aromatic nitrogens is 2. The van der Waals surface area contributed by atoms with E-state index in [1.54, 1.807) is 6.20 Å². The van der Waals surface area contributed by atoms with Gasteiger partial charge in [-0.05, 0) is 48.9 Å². The topological polar surface area (TPSA) is 34.9 Å². The summed E-state index contributed by atoms with van der Waals surface area (Å²) in [4.78, 5) is 17.7. The van der Waals surface area contributed by atoms with Gasteiger partial charge < -0.3 is 4.57 Å². The van der Waals surface area contributed by atoms with E-state index in [4.69, 9.17) is 0 Å².